The molecule has 0 aliphatic heterocycles. The molecule has 0 saturated carbocycles. The van der Waals surface area contributed by atoms with Gasteiger partial charge in [0.15, 0.2) is 0 Å². The number of rotatable bonds is 6. The largest absolute Gasteiger partial charge is 0.350 e. The van der Waals surface area contributed by atoms with Crippen molar-refractivity contribution in [2.75, 3.05) is 13.1 Å². The number of benzene rings is 2. The summed E-state index contributed by atoms with van der Waals surface area (Å²) in [4.78, 5) is 23.6. The highest BCUT2D eigenvalue weighted by atomic mass is 19.1. The van der Waals surface area contributed by atoms with Gasteiger partial charge in [-0.2, -0.15) is 0 Å². The van der Waals surface area contributed by atoms with Crippen molar-refractivity contribution in [3.8, 4) is 0 Å². The Hall–Kier alpha value is -2.96. The molecule has 0 spiro atoms. The number of hydrogen-bond donors (Lipinski definition) is 3. The van der Waals surface area contributed by atoms with E-state index in [2.05, 4.69) is 16.0 Å². The molecule has 2 rings (SSSR count). The molecule has 2 aromatic carbocycles. The van der Waals surface area contributed by atoms with Crippen LogP contribution in [0.1, 0.15) is 28.9 Å². The molecule has 5 nitrogen and oxygen atoms in total. The second kappa shape index (κ2) is 8.77. The van der Waals surface area contributed by atoms with E-state index < -0.39 is 29.6 Å². The van der Waals surface area contributed by atoms with Gasteiger partial charge in [-0.1, -0.05) is 30.3 Å². The first-order valence-electron chi connectivity index (χ1n) is 7.80. The smallest absolute Gasteiger partial charge is 0.315 e. The molecule has 7 heteroatoms. The van der Waals surface area contributed by atoms with Crippen molar-refractivity contribution in [1.82, 2.24) is 16.0 Å². The number of hydrogen-bond acceptors (Lipinski definition) is 2. The highest BCUT2D eigenvalue weighted by Gasteiger charge is 2.13. The lowest BCUT2D eigenvalue weighted by Gasteiger charge is -2.15. The minimum atomic E-state index is -0.607. The molecule has 0 saturated heterocycles. The van der Waals surface area contributed by atoms with Crippen molar-refractivity contribution in [1.29, 1.82) is 0 Å². The van der Waals surface area contributed by atoms with Crippen LogP contribution in [0.4, 0.5) is 13.6 Å². The average Bonchev–Trinajstić information content (AvgIpc) is 2.59. The SMILES string of the molecule is CC(NC(=O)NCCNC(=O)c1ccccc1F)c1ccccc1F. The first-order chi connectivity index (χ1) is 12.0. The van der Waals surface area contributed by atoms with Gasteiger partial charge in [-0.3, -0.25) is 4.79 Å². The van der Waals surface area contributed by atoms with Crippen LogP contribution in [0.2, 0.25) is 0 Å². The predicted octanol–water partition coefficient (Wildman–Crippen LogP) is 2.76. The van der Waals surface area contributed by atoms with Gasteiger partial charge in [0, 0.05) is 18.7 Å². The third kappa shape index (κ3) is 5.27. The Morgan fingerprint density at radius 3 is 2.20 bits per heavy atom. The number of carbonyl (C=O) groups is 2. The highest BCUT2D eigenvalue weighted by molar-refractivity contribution is 5.94. The van der Waals surface area contributed by atoms with E-state index in [-0.39, 0.29) is 18.7 Å². The van der Waals surface area contributed by atoms with Gasteiger partial charge in [-0.25, -0.2) is 13.6 Å². The second-order valence-corrected chi connectivity index (χ2v) is 5.38. The zero-order chi connectivity index (χ0) is 18.2. The molecular weight excluding hydrogens is 328 g/mol. The number of nitrogens with one attached hydrogen (secondary N) is 3. The minimum Gasteiger partial charge on any atom is -0.350 e. The maximum absolute atomic E-state index is 13.6. The molecule has 0 heterocycles. The van der Waals surface area contributed by atoms with Gasteiger partial charge in [0.25, 0.3) is 5.91 Å². The van der Waals surface area contributed by atoms with Crippen molar-refractivity contribution >= 4 is 11.9 Å². The molecule has 2 aromatic rings. The van der Waals surface area contributed by atoms with Crippen LogP contribution < -0.4 is 16.0 Å². The molecule has 0 bridgehead atoms. The maximum atomic E-state index is 13.6. The van der Waals surface area contributed by atoms with E-state index in [1.165, 1.54) is 24.3 Å². The summed E-state index contributed by atoms with van der Waals surface area (Å²) in [6.07, 6.45) is 0. The van der Waals surface area contributed by atoms with Crippen LogP contribution in [0.25, 0.3) is 0 Å². The summed E-state index contributed by atoms with van der Waals surface area (Å²) >= 11 is 0. The fraction of sp³-hybridized carbons (Fsp3) is 0.222. The summed E-state index contributed by atoms with van der Waals surface area (Å²) in [5.74, 6) is -1.56. The van der Waals surface area contributed by atoms with Gasteiger partial charge < -0.3 is 16.0 Å². The van der Waals surface area contributed by atoms with Crippen LogP contribution in [0.3, 0.4) is 0 Å². The van der Waals surface area contributed by atoms with E-state index in [9.17, 15) is 18.4 Å². The molecule has 1 unspecified atom stereocenters. The van der Waals surface area contributed by atoms with Crippen LogP contribution in [0.5, 0.6) is 0 Å². The van der Waals surface area contributed by atoms with Crippen molar-refractivity contribution in [2.24, 2.45) is 0 Å². The molecule has 3 N–H and O–H groups in total. The van der Waals surface area contributed by atoms with Crippen LogP contribution in [-0.4, -0.2) is 25.0 Å². The lowest BCUT2D eigenvalue weighted by Crippen LogP contribution is -2.41. The fourth-order valence-corrected chi connectivity index (χ4v) is 2.24. The van der Waals surface area contributed by atoms with E-state index in [1.54, 1.807) is 31.2 Å². The summed E-state index contributed by atoms with van der Waals surface area (Å²) in [5, 5.41) is 7.65. The first-order valence-corrected chi connectivity index (χ1v) is 7.80. The Morgan fingerprint density at radius 2 is 1.52 bits per heavy atom. The van der Waals surface area contributed by atoms with E-state index >= 15 is 0 Å². The van der Waals surface area contributed by atoms with Gasteiger partial charge in [0.05, 0.1) is 11.6 Å². The van der Waals surface area contributed by atoms with Gasteiger partial charge in [-0.05, 0) is 25.1 Å². The Morgan fingerprint density at radius 1 is 0.920 bits per heavy atom. The predicted molar refractivity (Wildman–Crippen MR) is 90.1 cm³/mol. The summed E-state index contributed by atoms with van der Waals surface area (Å²) in [7, 11) is 0. The molecule has 132 valence electrons. The van der Waals surface area contributed by atoms with E-state index in [1.807, 2.05) is 0 Å². The molecule has 0 aliphatic carbocycles. The Bertz CT molecular complexity index is 753. The van der Waals surface area contributed by atoms with Gasteiger partial charge in [0.2, 0.25) is 0 Å². The lowest BCUT2D eigenvalue weighted by atomic mass is 10.1. The number of urea groups is 1. The third-order valence-corrected chi connectivity index (χ3v) is 3.53. The summed E-state index contributed by atoms with van der Waals surface area (Å²) in [6.45, 7) is 1.95. The van der Waals surface area contributed by atoms with Crippen LogP contribution in [0, 0.1) is 11.6 Å². The van der Waals surface area contributed by atoms with Crippen molar-refractivity contribution < 1.29 is 18.4 Å². The summed E-state index contributed by atoms with van der Waals surface area (Å²) in [5.41, 5.74) is 0.325. The van der Waals surface area contributed by atoms with E-state index in [0.29, 0.717) is 5.56 Å². The number of carbonyl (C=O) groups excluding carboxylic acids is 2. The van der Waals surface area contributed by atoms with Gasteiger partial charge in [-0.15, -0.1) is 0 Å². The second-order valence-electron chi connectivity index (χ2n) is 5.38. The van der Waals surface area contributed by atoms with Crippen LogP contribution >= 0.6 is 0 Å². The molecule has 25 heavy (non-hydrogen) atoms. The van der Waals surface area contributed by atoms with E-state index in [0.717, 1.165) is 0 Å². The third-order valence-electron chi connectivity index (χ3n) is 3.53. The summed E-state index contributed by atoms with van der Waals surface area (Å²) < 4.78 is 27.1. The van der Waals surface area contributed by atoms with Gasteiger partial charge >= 0.3 is 6.03 Å². The Labute approximate surface area is 144 Å². The molecule has 3 amide bonds. The molecule has 0 radical (unpaired) electrons. The quantitative estimate of drug-likeness (QED) is 0.703. The molecule has 0 aliphatic rings. The molecule has 0 aromatic heterocycles. The number of halogens is 2. The molecular formula is C18H19F2N3O2. The first kappa shape index (κ1) is 18.4. The van der Waals surface area contributed by atoms with Crippen LogP contribution in [0.15, 0.2) is 48.5 Å². The molecule has 0 fully saturated rings. The fourth-order valence-electron chi connectivity index (χ4n) is 2.24. The average molecular weight is 347 g/mol. The molecule has 1 atom stereocenters. The number of amides is 3. The monoisotopic (exact) mass is 347 g/mol. The Balaban J connectivity index is 1.73. The van der Waals surface area contributed by atoms with Crippen molar-refractivity contribution in [2.45, 2.75) is 13.0 Å². The standard InChI is InChI=1S/C18H19F2N3O2/c1-12(13-6-2-4-8-15(13)19)23-18(25)22-11-10-21-17(24)14-7-3-5-9-16(14)20/h2-9,12H,10-11H2,1H3,(H,21,24)(H2,22,23,25). The van der Waals surface area contributed by atoms with Crippen LogP contribution in [-0.2, 0) is 0 Å². The highest BCUT2D eigenvalue weighted by Crippen LogP contribution is 2.15. The Kier molecular flexibility index (Phi) is 6.45. The minimum absolute atomic E-state index is 0.0554. The maximum Gasteiger partial charge on any atom is 0.315 e. The summed E-state index contributed by atoms with van der Waals surface area (Å²) in [6, 6.07) is 10.8. The topological polar surface area (TPSA) is 70.2 Å². The zero-order valence-electron chi connectivity index (χ0n) is 13.7. The normalized spacial score (nSPS) is 11.5. The zero-order valence-corrected chi connectivity index (χ0v) is 13.7. The lowest BCUT2D eigenvalue weighted by molar-refractivity contribution is 0.0949. The van der Waals surface area contributed by atoms with Crippen molar-refractivity contribution in [3.05, 3.63) is 71.3 Å². The van der Waals surface area contributed by atoms with Gasteiger partial charge in [0.1, 0.15) is 11.6 Å². The van der Waals surface area contributed by atoms with E-state index in [4.69, 9.17) is 0 Å². The van der Waals surface area contributed by atoms with Crippen molar-refractivity contribution in [3.63, 3.8) is 0 Å².